The maximum absolute atomic E-state index is 13.7. The predicted octanol–water partition coefficient (Wildman–Crippen LogP) is 5.36. The van der Waals surface area contributed by atoms with Crippen molar-refractivity contribution < 1.29 is 18.7 Å². The number of carbonyl (C=O) groups excluding carboxylic acids is 1. The molecule has 1 atom stereocenters. The minimum absolute atomic E-state index is 0.203. The first-order valence-corrected chi connectivity index (χ1v) is 14.4. The van der Waals surface area contributed by atoms with Gasteiger partial charge in [-0.3, -0.25) is 9.36 Å². The van der Waals surface area contributed by atoms with Gasteiger partial charge in [-0.2, -0.15) is 0 Å². The molecule has 4 aromatic rings. The Hall–Kier alpha value is -3.82. The molecule has 200 valence electrons. The van der Waals surface area contributed by atoms with Crippen molar-refractivity contribution in [1.82, 2.24) is 4.57 Å². The molecule has 0 aliphatic carbocycles. The molecule has 3 heterocycles. The summed E-state index contributed by atoms with van der Waals surface area (Å²) in [4.78, 5) is 33.1. The van der Waals surface area contributed by atoms with Gasteiger partial charge in [0, 0.05) is 4.88 Å². The second kappa shape index (κ2) is 11.9. The van der Waals surface area contributed by atoms with E-state index in [4.69, 9.17) is 14.5 Å². The molecular weight excluding hydrogens is 535 g/mol. The number of allylic oxidation sites excluding steroid dienone is 1. The summed E-state index contributed by atoms with van der Waals surface area (Å²) in [7, 11) is 0. The third-order valence-electron chi connectivity index (χ3n) is 6.20. The lowest BCUT2D eigenvalue weighted by Crippen LogP contribution is -2.39. The first kappa shape index (κ1) is 26.8. The molecule has 2 aromatic carbocycles. The third-order valence-corrected chi connectivity index (χ3v) is 8.11. The first-order valence-electron chi connectivity index (χ1n) is 12.7. The quantitative estimate of drug-likeness (QED) is 0.258. The lowest BCUT2D eigenvalue weighted by molar-refractivity contribution is -0.139. The van der Waals surface area contributed by atoms with E-state index in [0.29, 0.717) is 39.4 Å². The van der Waals surface area contributed by atoms with Crippen LogP contribution in [0.3, 0.4) is 0 Å². The lowest BCUT2D eigenvalue weighted by Gasteiger charge is -2.24. The van der Waals surface area contributed by atoms with Crippen LogP contribution < -0.4 is 19.6 Å². The molecule has 0 N–H and O–H groups in total. The normalized spacial score (nSPS) is 15.2. The summed E-state index contributed by atoms with van der Waals surface area (Å²) >= 11 is 2.81. The molecule has 0 amide bonds. The van der Waals surface area contributed by atoms with Crippen LogP contribution >= 0.6 is 22.7 Å². The average molecular weight is 563 g/mol. The molecule has 0 saturated heterocycles. The van der Waals surface area contributed by atoms with Gasteiger partial charge >= 0.3 is 5.97 Å². The number of esters is 1. The maximum Gasteiger partial charge on any atom is 0.338 e. The minimum Gasteiger partial charge on any atom is -0.489 e. The van der Waals surface area contributed by atoms with Crippen molar-refractivity contribution in [3.8, 4) is 5.75 Å². The fourth-order valence-electron chi connectivity index (χ4n) is 4.40. The molecule has 0 saturated carbocycles. The number of benzene rings is 2. The van der Waals surface area contributed by atoms with Crippen LogP contribution in [-0.2, 0) is 16.1 Å². The third kappa shape index (κ3) is 5.79. The second-order valence-corrected chi connectivity index (χ2v) is 10.9. The van der Waals surface area contributed by atoms with E-state index in [1.165, 1.54) is 34.8 Å². The van der Waals surface area contributed by atoms with Gasteiger partial charge in [-0.25, -0.2) is 14.2 Å². The molecule has 1 aliphatic rings. The van der Waals surface area contributed by atoms with Crippen LogP contribution in [0, 0.1) is 5.82 Å². The summed E-state index contributed by atoms with van der Waals surface area (Å²) in [5.41, 5.74) is 2.60. The van der Waals surface area contributed by atoms with Crippen molar-refractivity contribution in [1.29, 1.82) is 0 Å². The Morgan fingerprint density at radius 3 is 2.54 bits per heavy atom. The topological polar surface area (TPSA) is 69.9 Å². The predicted molar refractivity (Wildman–Crippen MR) is 151 cm³/mol. The molecule has 5 rings (SSSR count). The molecule has 6 nitrogen and oxygen atoms in total. The molecule has 0 unspecified atom stereocenters. The standard InChI is InChI=1S/C30H27FN2O4S2/c1-3-6-23-26(29(35)36-4-2)27(24-7-5-16-38-24)33-28(34)25(39-30(33)32-23)17-19-10-14-22(15-11-19)37-18-20-8-12-21(31)13-9-20/h5,7-17,27H,3-4,6,18H2,1-2H3/b25-17-/t27-/m0/s1. The van der Waals surface area contributed by atoms with Gasteiger partial charge in [0.2, 0.25) is 0 Å². The summed E-state index contributed by atoms with van der Waals surface area (Å²) in [6, 6.07) is 16.9. The molecule has 1 aliphatic heterocycles. The Kier molecular flexibility index (Phi) is 8.18. The number of thiazole rings is 1. The zero-order valence-electron chi connectivity index (χ0n) is 21.6. The van der Waals surface area contributed by atoms with Crippen LogP contribution in [0.5, 0.6) is 5.75 Å². The zero-order chi connectivity index (χ0) is 27.4. The van der Waals surface area contributed by atoms with Gasteiger partial charge in [0.25, 0.3) is 5.56 Å². The molecule has 0 radical (unpaired) electrons. The van der Waals surface area contributed by atoms with Crippen molar-refractivity contribution >= 4 is 34.7 Å². The van der Waals surface area contributed by atoms with Crippen LogP contribution in [0.4, 0.5) is 4.39 Å². The van der Waals surface area contributed by atoms with Crippen molar-refractivity contribution in [2.45, 2.75) is 39.3 Å². The Morgan fingerprint density at radius 1 is 1.10 bits per heavy atom. The van der Waals surface area contributed by atoms with Crippen molar-refractivity contribution in [2.24, 2.45) is 4.99 Å². The number of rotatable bonds is 9. The van der Waals surface area contributed by atoms with E-state index in [9.17, 15) is 14.0 Å². The molecule has 9 heteroatoms. The van der Waals surface area contributed by atoms with Gasteiger partial charge in [-0.05, 0) is 66.3 Å². The monoisotopic (exact) mass is 562 g/mol. The fourth-order valence-corrected chi connectivity index (χ4v) is 6.24. The number of ether oxygens (including phenoxy) is 2. The minimum atomic E-state index is -0.578. The molecule has 0 spiro atoms. The van der Waals surface area contributed by atoms with Crippen molar-refractivity contribution in [3.05, 3.63) is 119 Å². The van der Waals surface area contributed by atoms with Gasteiger partial charge in [0.1, 0.15) is 24.2 Å². The smallest absolute Gasteiger partial charge is 0.338 e. The lowest BCUT2D eigenvalue weighted by atomic mass is 9.99. The maximum atomic E-state index is 13.7. The highest BCUT2D eigenvalue weighted by atomic mass is 32.1. The Labute approximate surface area is 233 Å². The highest BCUT2D eigenvalue weighted by Crippen LogP contribution is 2.34. The van der Waals surface area contributed by atoms with Gasteiger partial charge < -0.3 is 9.47 Å². The average Bonchev–Trinajstić information content (AvgIpc) is 3.57. The van der Waals surface area contributed by atoms with E-state index in [0.717, 1.165) is 22.4 Å². The van der Waals surface area contributed by atoms with Crippen molar-refractivity contribution in [2.75, 3.05) is 6.61 Å². The van der Waals surface area contributed by atoms with Crippen LogP contribution in [-0.4, -0.2) is 17.1 Å². The number of carbonyl (C=O) groups is 1. The van der Waals surface area contributed by atoms with E-state index < -0.39 is 12.0 Å². The molecule has 0 fully saturated rings. The van der Waals surface area contributed by atoms with Gasteiger partial charge in [-0.15, -0.1) is 11.3 Å². The first-order chi connectivity index (χ1) is 19.0. The number of aromatic nitrogens is 1. The number of hydrogen-bond donors (Lipinski definition) is 0. The van der Waals surface area contributed by atoms with Crippen LogP contribution in [0.25, 0.3) is 6.08 Å². The Morgan fingerprint density at radius 2 is 1.87 bits per heavy atom. The van der Waals surface area contributed by atoms with Crippen LogP contribution in [0.1, 0.15) is 48.7 Å². The SMILES string of the molecule is CCCC1=C(C(=O)OCC)[C@H](c2cccs2)n2c(s/c(=C\c3ccc(OCc4ccc(F)cc4)cc3)c2=O)=N1. The molecular formula is C30H27FN2O4S2. The second-order valence-electron chi connectivity index (χ2n) is 8.91. The Balaban J connectivity index is 1.49. The zero-order valence-corrected chi connectivity index (χ0v) is 23.2. The fraction of sp³-hybridized carbons (Fsp3) is 0.233. The molecule has 39 heavy (non-hydrogen) atoms. The van der Waals surface area contributed by atoms with E-state index in [1.807, 2.05) is 54.8 Å². The summed E-state index contributed by atoms with van der Waals surface area (Å²) < 4.78 is 26.5. The summed E-state index contributed by atoms with van der Waals surface area (Å²) in [6.07, 6.45) is 3.25. The number of hydrogen-bond acceptors (Lipinski definition) is 7. The largest absolute Gasteiger partial charge is 0.489 e. The summed E-state index contributed by atoms with van der Waals surface area (Å²) in [6.45, 7) is 4.37. The van der Waals surface area contributed by atoms with Gasteiger partial charge in [0.05, 0.1) is 22.4 Å². The highest BCUT2D eigenvalue weighted by Gasteiger charge is 2.34. The van der Waals surface area contributed by atoms with Crippen LogP contribution in [0.15, 0.2) is 87.1 Å². The highest BCUT2D eigenvalue weighted by molar-refractivity contribution is 7.10. The number of thiophene rings is 1. The van der Waals surface area contributed by atoms with Gasteiger partial charge in [0.15, 0.2) is 4.80 Å². The number of fused-ring (bicyclic) bond motifs is 1. The summed E-state index contributed by atoms with van der Waals surface area (Å²) in [5, 5.41) is 1.94. The van der Waals surface area contributed by atoms with E-state index in [1.54, 1.807) is 23.6 Å². The van der Waals surface area contributed by atoms with Crippen molar-refractivity contribution in [3.63, 3.8) is 0 Å². The van der Waals surface area contributed by atoms with E-state index in [-0.39, 0.29) is 18.0 Å². The summed E-state index contributed by atoms with van der Waals surface area (Å²) in [5.74, 6) is -0.0543. The Bertz CT molecular complexity index is 1670. The van der Waals surface area contributed by atoms with E-state index >= 15 is 0 Å². The van der Waals surface area contributed by atoms with Crippen LogP contribution in [0.2, 0.25) is 0 Å². The molecule has 2 aromatic heterocycles. The van der Waals surface area contributed by atoms with E-state index in [2.05, 4.69) is 0 Å². The van der Waals surface area contributed by atoms with Gasteiger partial charge in [-0.1, -0.05) is 55.0 Å². The number of halogens is 1. The number of nitrogens with zero attached hydrogens (tertiary/aromatic N) is 2. The molecule has 0 bridgehead atoms.